The molecule has 3 rings (SSSR count). The normalized spacial score (nSPS) is 10.8. The van der Waals surface area contributed by atoms with E-state index >= 15 is 0 Å². The number of rotatable bonds is 2. The van der Waals surface area contributed by atoms with Crippen LogP contribution in [0.5, 0.6) is 5.88 Å². The number of H-pyrrole nitrogens is 2. The summed E-state index contributed by atoms with van der Waals surface area (Å²) in [7, 11) is 0. The number of anilines is 2. The van der Waals surface area contributed by atoms with Gasteiger partial charge in [0, 0.05) is 0 Å². The van der Waals surface area contributed by atoms with E-state index in [1.54, 1.807) is 0 Å². The molecule has 0 fully saturated rings. The van der Waals surface area contributed by atoms with E-state index in [1.807, 2.05) is 24.3 Å². The molecule has 1 aromatic carbocycles. The predicted octanol–water partition coefficient (Wildman–Crippen LogP) is 1.40. The maximum Gasteiger partial charge on any atom is 0.259 e. The summed E-state index contributed by atoms with van der Waals surface area (Å²) in [6, 6.07) is 7.52. The number of aromatic nitrogens is 4. The number of aromatic hydroxyl groups is 1. The van der Waals surface area contributed by atoms with Gasteiger partial charge in [-0.2, -0.15) is 4.98 Å². The first-order valence-electron chi connectivity index (χ1n) is 5.65. The SMILES string of the molecule is Cc1c(O)nc(Nc2nc3ccccc3[nH]2)[nH]c1=O. The molecule has 3 aromatic rings. The van der Waals surface area contributed by atoms with Crippen LogP contribution in [0.3, 0.4) is 0 Å². The van der Waals surface area contributed by atoms with Crippen molar-refractivity contribution in [2.24, 2.45) is 0 Å². The van der Waals surface area contributed by atoms with E-state index in [4.69, 9.17) is 0 Å². The van der Waals surface area contributed by atoms with Crippen LogP contribution in [0, 0.1) is 6.92 Å². The summed E-state index contributed by atoms with van der Waals surface area (Å²) in [4.78, 5) is 25.1. The van der Waals surface area contributed by atoms with E-state index in [2.05, 4.69) is 25.3 Å². The lowest BCUT2D eigenvalue weighted by Crippen LogP contribution is -2.13. The monoisotopic (exact) mass is 257 g/mol. The second-order valence-electron chi connectivity index (χ2n) is 4.09. The largest absolute Gasteiger partial charge is 0.493 e. The molecule has 0 amide bonds. The number of benzene rings is 1. The summed E-state index contributed by atoms with van der Waals surface area (Å²) in [5.41, 5.74) is 1.44. The second kappa shape index (κ2) is 4.13. The molecule has 96 valence electrons. The molecule has 0 aliphatic rings. The molecule has 0 radical (unpaired) electrons. The van der Waals surface area contributed by atoms with E-state index in [0.717, 1.165) is 11.0 Å². The molecule has 7 nitrogen and oxygen atoms in total. The highest BCUT2D eigenvalue weighted by molar-refractivity contribution is 5.77. The quantitative estimate of drug-likeness (QED) is 0.555. The molecule has 7 heteroatoms. The van der Waals surface area contributed by atoms with Crippen LogP contribution in [0.2, 0.25) is 0 Å². The van der Waals surface area contributed by atoms with Crippen molar-refractivity contribution in [2.45, 2.75) is 6.92 Å². The zero-order valence-corrected chi connectivity index (χ0v) is 10.1. The average Bonchev–Trinajstić information content (AvgIpc) is 2.78. The van der Waals surface area contributed by atoms with Crippen molar-refractivity contribution in [1.29, 1.82) is 0 Å². The van der Waals surface area contributed by atoms with E-state index < -0.39 is 5.56 Å². The number of para-hydroxylation sites is 2. The molecular formula is C12H11N5O2. The Balaban J connectivity index is 1.99. The number of aromatic amines is 2. The first kappa shape index (κ1) is 11.3. The van der Waals surface area contributed by atoms with Gasteiger partial charge in [-0.1, -0.05) is 12.1 Å². The summed E-state index contributed by atoms with van der Waals surface area (Å²) in [6.45, 7) is 1.49. The second-order valence-corrected chi connectivity index (χ2v) is 4.09. The van der Waals surface area contributed by atoms with Crippen molar-refractivity contribution < 1.29 is 5.11 Å². The Kier molecular flexibility index (Phi) is 2.45. The van der Waals surface area contributed by atoms with Gasteiger partial charge in [0.25, 0.3) is 5.56 Å². The number of hydrogen-bond donors (Lipinski definition) is 4. The standard InChI is InChI=1S/C12H11N5O2/c1-6-9(18)15-12(16-10(6)19)17-11-13-7-4-2-3-5-8(7)14-11/h2-5H,1H3,(H4,13,14,15,16,17,18,19). The van der Waals surface area contributed by atoms with E-state index in [-0.39, 0.29) is 17.4 Å². The molecule has 0 aliphatic carbocycles. The minimum atomic E-state index is -0.397. The molecule has 0 unspecified atom stereocenters. The van der Waals surface area contributed by atoms with E-state index in [0.29, 0.717) is 5.95 Å². The highest BCUT2D eigenvalue weighted by Gasteiger charge is 2.08. The van der Waals surface area contributed by atoms with Crippen LogP contribution >= 0.6 is 0 Å². The summed E-state index contributed by atoms with van der Waals surface area (Å²) in [6.07, 6.45) is 0. The van der Waals surface area contributed by atoms with Crippen molar-refractivity contribution in [3.8, 4) is 5.88 Å². The highest BCUT2D eigenvalue weighted by atomic mass is 16.3. The van der Waals surface area contributed by atoms with Crippen LogP contribution in [0.15, 0.2) is 29.1 Å². The molecule has 0 atom stereocenters. The van der Waals surface area contributed by atoms with Crippen LogP contribution in [0.1, 0.15) is 5.56 Å². The Morgan fingerprint density at radius 2 is 1.89 bits per heavy atom. The summed E-state index contributed by atoms with van der Waals surface area (Å²) in [5, 5.41) is 12.3. The van der Waals surface area contributed by atoms with Crippen molar-refractivity contribution in [3.05, 3.63) is 40.2 Å². The maximum absolute atomic E-state index is 11.5. The van der Waals surface area contributed by atoms with E-state index in [9.17, 15) is 9.90 Å². The van der Waals surface area contributed by atoms with Crippen molar-refractivity contribution in [2.75, 3.05) is 5.32 Å². The Bertz CT molecular complexity index is 772. The average molecular weight is 257 g/mol. The summed E-state index contributed by atoms with van der Waals surface area (Å²) >= 11 is 0. The Morgan fingerprint density at radius 3 is 2.63 bits per heavy atom. The third-order valence-corrected chi connectivity index (χ3v) is 2.75. The molecular weight excluding hydrogens is 246 g/mol. The van der Waals surface area contributed by atoms with Crippen LogP contribution in [-0.4, -0.2) is 25.0 Å². The van der Waals surface area contributed by atoms with Crippen LogP contribution in [0.4, 0.5) is 11.9 Å². The third-order valence-electron chi connectivity index (χ3n) is 2.75. The maximum atomic E-state index is 11.5. The minimum absolute atomic E-state index is 0.132. The van der Waals surface area contributed by atoms with Gasteiger partial charge in [-0.25, -0.2) is 4.98 Å². The minimum Gasteiger partial charge on any atom is -0.493 e. The van der Waals surface area contributed by atoms with Gasteiger partial charge in [-0.15, -0.1) is 0 Å². The molecule has 0 bridgehead atoms. The fraction of sp³-hybridized carbons (Fsp3) is 0.0833. The lowest BCUT2D eigenvalue weighted by Gasteiger charge is -2.03. The first-order valence-corrected chi connectivity index (χ1v) is 5.65. The Labute approximate surface area is 107 Å². The fourth-order valence-corrected chi connectivity index (χ4v) is 1.70. The van der Waals surface area contributed by atoms with Crippen LogP contribution < -0.4 is 10.9 Å². The van der Waals surface area contributed by atoms with Crippen molar-refractivity contribution in [3.63, 3.8) is 0 Å². The molecule has 2 aromatic heterocycles. The molecule has 19 heavy (non-hydrogen) atoms. The Morgan fingerprint density at radius 1 is 1.16 bits per heavy atom. The zero-order chi connectivity index (χ0) is 13.4. The molecule has 4 N–H and O–H groups in total. The number of nitrogens with one attached hydrogen (secondary N) is 3. The van der Waals surface area contributed by atoms with Gasteiger partial charge in [0.2, 0.25) is 17.8 Å². The predicted molar refractivity (Wildman–Crippen MR) is 70.6 cm³/mol. The van der Waals surface area contributed by atoms with Gasteiger partial charge >= 0.3 is 0 Å². The molecule has 0 spiro atoms. The van der Waals surface area contributed by atoms with Gasteiger partial charge in [-0.3, -0.25) is 15.1 Å². The van der Waals surface area contributed by atoms with Gasteiger partial charge in [0.1, 0.15) is 0 Å². The molecule has 0 saturated carbocycles. The zero-order valence-electron chi connectivity index (χ0n) is 10.1. The summed E-state index contributed by atoms with van der Waals surface area (Å²) < 4.78 is 0. The number of fused-ring (bicyclic) bond motifs is 1. The first-order chi connectivity index (χ1) is 9.13. The molecule has 0 saturated heterocycles. The van der Waals surface area contributed by atoms with Gasteiger partial charge < -0.3 is 10.1 Å². The van der Waals surface area contributed by atoms with Crippen molar-refractivity contribution >= 4 is 22.9 Å². The van der Waals surface area contributed by atoms with Crippen LogP contribution in [-0.2, 0) is 0 Å². The highest BCUT2D eigenvalue weighted by Crippen LogP contribution is 2.16. The van der Waals surface area contributed by atoms with E-state index in [1.165, 1.54) is 6.92 Å². The molecule has 2 heterocycles. The number of imidazole rings is 1. The lowest BCUT2D eigenvalue weighted by molar-refractivity contribution is 0.447. The number of hydrogen-bond acceptors (Lipinski definition) is 5. The lowest BCUT2D eigenvalue weighted by atomic mass is 10.3. The summed E-state index contributed by atoms with van der Waals surface area (Å²) in [5.74, 6) is 0.266. The van der Waals surface area contributed by atoms with Gasteiger partial charge in [0.05, 0.1) is 16.6 Å². The van der Waals surface area contributed by atoms with Gasteiger partial charge in [0.15, 0.2) is 0 Å². The fourth-order valence-electron chi connectivity index (χ4n) is 1.70. The smallest absolute Gasteiger partial charge is 0.259 e. The Hall–Kier alpha value is -2.83. The third kappa shape index (κ3) is 2.01. The molecule has 0 aliphatic heterocycles. The van der Waals surface area contributed by atoms with Gasteiger partial charge in [-0.05, 0) is 19.1 Å². The topological polar surface area (TPSA) is 107 Å². The van der Waals surface area contributed by atoms with Crippen LogP contribution in [0.25, 0.3) is 11.0 Å². The number of nitrogens with zero attached hydrogens (tertiary/aromatic N) is 2. The van der Waals surface area contributed by atoms with Crippen molar-refractivity contribution in [1.82, 2.24) is 19.9 Å².